The molecular weight excluding hydrogens is 394 g/mol. The number of unbranched alkanes of at least 4 members (excludes halogenated alkanes) is 12. The van der Waals surface area contributed by atoms with Gasteiger partial charge >= 0.3 is 0 Å². The molecule has 4 heteroatoms. The van der Waals surface area contributed by atoms with E-state index in [9.17, 15) is 0 Å². The molecule has 0 fully saturated rings. The fourth-order valence-electron chi connectivity index (χ4n) is 3.97. The molecule has 3 nitrogen and oxygen atoms in total. The van der Waals surface area contributed by atoms with Gasteiger partial charge in [-0.2, -0.15) is 0 Å². The van der Waals surface area contributed by atoms with E-state index in [1.807, 2.05) is 19.1 Å². The lowest BCUT2D eigenvalue weighted by atomic mass is 10.0. The highest BCUT2D eigenvalue weighted by atomic mass is 35.5. The molecule has 0 saturated heterocycles. The maximum atomic E-state index is 8.76. The van der Waals surface area contributed by atoms with Crippen molar-refractivity contribution in [2.24, 2.45) is 0 Å². The second-order valence-electron chi connectivity index (χ2n) is 8.25. The van der Waals surface area contributed by atoms with Crippen LogP contribution in [0.25, 0.3) is 10.9 Å². The number of halogens is 1. The standard InChI is InChI=1S/C26H40ClNO2/c1-2-30-25-20-19-24(27)23-18-17-22(28-26(23)25)16-14-12-10-8-6-4-3-5-7-9-11-13-15-21-29/h17-20,29H,2-16,21H2,1H3. The summed E-state index contributed by atoms with van der Waals surface area (Å²) in [4.78, 5) is 4.83. The van der Waals surface area contributed by atoms with Gasteiger partial charge in [0, 0.05) is 17.7 Å². The number of aliphatic hydroxyl groups is 1. The molecule has 0 aliphatic heterocycles. The van der Waals surface area contributed by atoms with E-state index < -0.39 is 0 Å². The number of aromatic nitrogens is 1. The van der Waals surface area contributed by atoms with Gasteiger partial charge in [-0.3, -0.25) is 0 Å². The number of benzene rings is 1. The number of hydrogen-bond acceptors (Lipinski definition) is 3. The van der Waals surface area contributed by atoms with Gasteiger partial charge in [-0.05, 0) is 50.5 Å². The molecule has 0 aliphatic carbocycles. The van der Waals surface area contributed by atoms with Crippen LogP contribution in [0.1, 0.15) is 96.1 Å². The van der Waals surface area contributed by atoms with E-state index in [1.165, 1.54) is 77.0 Å². The van der Waals surface area contributed by atoms with E-state index in [4.69, 9.17) is 26.4 Å². The van der Waals surface area contributed by atoms with Crippen molar-refractivity contribution in [1.82, 2.24) is 4.98 Å². The first-order chi connectivity index (χ1) is 14.8. The van der Waals surface area contributed by atoms with Crippen molar-refractivity contribution >= 4 is 22.5 Å². The van der Waals surface area contributed by atoms with Gasteiger partial charge < -0.3 is 9.84 Å². The summed E-state index contributed by atoms with van der Waals surface area (Å²) in [7, 11) is 0. The van der Waals surface area contributed by atoms with Gasteiger partial charge in [0.05, 0.1) is 11.6 Å². The summed E-state index contributed by atoms with van der Waals surface area (Å²) in [6, 6.07) is 7.99. The van der Waals surface area contributed by atoms with Crippen molar-refractivity contribution in [3.8, 4) is 5.75 Å². The number of hydrogen-bond donors (Lipinski definition) is 1. The molecule has 1 aromatic carbocycles. The van der Waals surface area contributed by atoms with Crippen molar-refractivity contribution in [1.29, 1.82) is 0 Å². The number of fused-ring (bicyclic) bond motifs is 1. The predicted octanol–water partition coefficient (Wildman–Crippen LogP) is 7.89. The molecule has 1 N–H and O–H groups in total. The lowest BCUT2D eigenvalue weighted by Crippen LogP contribution is -1.97. The highest BCUT2D eigenvalue weighted by molar-refractivity contribution is 6.35. The summed E-state index contributed by atoms with van der Waals surface area (Å²) >= 11 is 6.32. The summed E-state index contributed by atoms with van der Waals surface area (Å²) < 4.78 is 5.73. The first kappa shape index (κ1) is 24.9. The highest BCUT2D eigenvalue weighted by Gasteiger charge is 2.08. The Labute approximate surface area is 188 Å². The molecule has 0 spiro atoms. The Kier molecular flexibility index (Phi) is 12.9. The predicted molar refractivity (Wildman–Crippen MR) is 129 cm³/mol. The second-order valence-corrected chi connectivity index (χ2v) is 8.65. The number of pyridine rings is 1. The van der Waals surface area contributed by atoms with Crippen LogP contribution >= 0.6 is 11.6 Å². The Morgan fingerprint density at radius 3 is 1.90 bits per heavy atom. The Bertz CT molecular complexity index is 719. The van der Waals surface area contributed by atoms with Gasteiger partial charge in [0.2, 0.25) is 0 Å². The van der Waals surface area contributed by atoms with Crippen molar-refractivity contribution in [2.75, 3.05) is 13.2 Å². The largest absolute Gasteiger partial charge is 0.492 e. The molecule has 168 valence electrons. The minimum Gasteiger partial charge on any atom is -0.492 e. The molecule has 2 aromatic rings. The molecule has 2 rings (SSSR count). The molecule has 0 amide bonds. The van der Waals surface area contributed by atoms with E-state index >= 15 is 0 Å². The maximum Gasteiger partial charge on any atom is 0.145 e. The fourth-order valence-corrected chi connectivity index (χ4v) is 4.19. The second kappa shape index (κ2) is 15.5. The van der Waals surface area contributed by atoms with Crippen LogP contribution in [0, 0.1) is 0 Å². The van der Waals surface area contributed by atoms with Gasteiger partial charge in [-0.15, -0.1) is 0 Å². The minimum absolute atomic E-state index is 0.350. The van der Waals surface area contributed by atoms with Crippen molar-refractivity contribution in [3.63, 3.8) is 0 Å². The Balaban J connectivity index is 1.56. The number of aliphatic hydroxyl groups excluding tert-OH is 1. The number of rotatable bonds is 17. The summed E-state index contributed by atoms with van der Waals surface area (Å²) in [5.41, 5.74) is 2.01. The Morgan fingerprint density at radius 1 is 0.767 bits per heavy atom. The lowest BCUT2D eigenvalue weighted by molar-refractivity contribution is 0.282. The molecule has 30 heavy (non-hydrogen) atoms. The van der Waals surface area contributed by atoms with Crippen molar-refractivity contribution < 1.29 is 9.84 Å². The zero-order chi connectivity index (χ0) is 21.4. The quantitative estimate of drug-likeness (QED) is 0.258. The average molecular weight is 434 g/mol. The van der Waals surface area contributed by atoms with E-state index in [2.05, 4.69) is 12.1 Å². The molecule has 0 bridgehead atoms. The third-order valence-corrected chi connectivity index (χ3v) is 6.05. The summed E-state index contributed by atoms with van der Waals surface area (Å²) in [6.45, 7) is 2.97. The third kappa shape index (κ3) is 9.22. The molecule has 0 aliphatic rings. The molecule has 1 heterocycles. The zero-order valence-electron chi connectivity index (χ0n) is 18.8. The lowest BCUT2D eigenvalue weighted by Gasteiger charge is -2.10. The minimum atomic E-state index is 0.350. The van der Waals surface area contributed by atoms with Crippen molar-refractivity contribution in [3.05, 3.63) is 35.0 Å². The van der Waals surface area contributed by atoms with Crippen LogP contribution in [0.2, 0.25) is 5.02 Å². The van der Waals surface area contributed by atoms with Crippen LogP contribution in [0.4, 0.5) is 0 Å². The van der Waals surface area contributed by atoms with E-state index in [1.54, 1.807) is 0 Å². The average Bonchev–Trinajstić information content (AvgIpc) is 2.76. The first-order valence-electron chi connectivity index (χ1n) is 12.1. The molecule has 0 unspecified atom stereocenters. The molecule has 0 saturated carbocycles. The SMILES string of the molecule is CCOc1ccc(Cl)c2ccc(CCCCCCCCCCCCCCCO)nc12. The molecule has 0 atom stereocenters. The van der Waals surface area contributed by atoms with Crippen LogP contribution in [0.15, 0.2) is 24.3 Å². The van der Waals surface area contributed by atoms with Gasteiger partial charge in [0.25, 0.3) is 0 Å². The zero-order valence-corrected chi connectivity index (χ0v) is 19.6. The first-order valence-corrected chi connectivity index (χ1v) is 12.5. The van der Waals surface area contributed by atoms with E-state index in [-0.39, 0.29) is 0 Å². The van der Waals surface area contributed by atoms with Crippen LogP contribution in [0.3, 0.4) is 0 Å². The van der Waals surface area contributed by atoms with Crippen LogP contribution in [0.5, 0.6) is 5.75 Å². The molecule has 1 aromatic heterocycles. The van der Waals surface area contributed by atoms with Gasteiger partial charge in [0.15, 0.2) is 0 Å². The number of aryl methyl sites for hydroxylation is 1. The van der Waals surface area contributed by atoms with E-state index in [0.29, 0.717) is 13.2 Å². The highest BCUT2D eigenvalue weighted by Crippen LogP contribution is 2.30. The van der Waals surface area contributed by atoms with Gasteiger partial charge in [-0.1, -0.05) is 82.2 Å². The molecule has 0 radical (unpaired) electrons. The van der Waals surface area contributed by atoms with Crippen LogP contribution in [-0.2, 0) is 6.42 Å². The summed E-state index contributed by atoms with van der Waals surface area (Å²) in [5.74, 6) is 0.823. The van der Waals surface area contributed by atoms with Crippen LogP contribution < -0.4 is 4.74 Å². The Morgan fingerprint density at radius 2 is 1.33 bits per heavy atom. The Hall–Kier alpha value is -1.32. The maximum absolute atomic E-state index is 8.76. The van der Waals surface area contributed by atoms with Gasteiger partial charge in [-0.25, -0.2) is 4.98 Å². The third-order valence-electron chi connectivity index (χ3n) is 5.72. The smallest absolute Gasteiger partial charge is 0.145 e. The number of ether oxygens (including phenoxy) is 1. The van der Waals surface area contributed by atoms with Crippen molar-refractivity contribution in [2.45, 2.75) is 96.8 Å². The summed E-state index contributed by atoms with van der Waals surface area (Å²) in [5, 5.41) is 10.5. The topological polar surface area (TPSA) is 42.4 Å². The normalized spacial score (nSPS) is 11.3. The monoisotopic (exact) mass is 433 g/mol. The number of nitrogens with zero attached hydrogens (tertiary/aromatic N) is 1. The molecular formula is C26H40ClNO2. The van der Waals surface area contributed by atoms with E-state index in [0.717, 1.165) is 40.2 Å². The van der Waals surface area contributed by atoms with Gasteiger partial charge in [0.1, 0.15) is 11.3 Å². The summed E-state index contributed by atoms with van der Waals surface area (Å²) in [6.07, 6.45) is 17.8. The van der Waals surface area contributed by atoms with Crippen LogP contribution in [-0.4, -0.2) is 23.3 Å². The fraction of sp³-hybridized carbons (Fsp3) is 0.654.